The van der Waals surface area contributed by atoms with Gasteiger partial charge in [0.1, 0.15) is 0 Å². The summed E-state index contributed by atoms with van der Waals surface area (Å²) in [4.78, 5) is 21.9. The number of carbonyl (C=O) groups is 2. The van der Waals surface area contributed by atoms with E-state index in [2.05, 4.69) is 12.2 Å². The summed E-state index contributed by atoms with van der Waals surface area (Å²) in [6.07, 6.45) is 10.5. The van der Waals surface area contributed by atoms with E-state index in [9.17, 15) is 9.59 Å². The molecule has 0 aromatic carbocycles. The highest BCUT2D eigenvalue weighted by Gasteiger charge is 2.12. The Kier molecular flexibility index (Phi) is 5.54. The van der Waals surface area contributed by atoms with Gasteiger partial charge in [-0.05, 0) is 18.6 Å². The predicted octanol–water partition coefficient (Wildman–Crippen LogP) is 2.14. The number of nitrogens with one attached hydrogen (secondary N) is 1. The molecule has 3 nitrogen and oxygen atoms in total. The van der Waals surface area contributed by atoms with E-state index >= 15 is 0 Å². The molecule has 88 valence electrons. The van der Waals surface area contributed by atoms with Crippen molar-refractivity contribution >= 4 is 11.6 Å². The smallest absolute Gasteiger partial charge is 0.227 e. The van der Waals surface area contributed by atoms with Crippen LogP contribution in [0.2, 0.25) is 0 Å². The minimum Gasteiger partial charge on any atom is -0.385 e. The monoisotopic (exact) mass is 221 g/mol. The highest BCUT2D eigenvalue weighted by Crippen LogP contribution is 2.04. The summed E-state index contributed by atoms with van der Waals surface area (Å²) in [5.74, 6) is -0.871. The molecule has 0 saturated heterocycles. The molecule has 0 bridgehead atoms. The third-order valence-electron chi connectivity index (χ3n) is 2.55. The number of hydrogen-bond donors (Lipinski definition) is 1. The van der Waals surface area contributed by atoms with E-state index in [1.807, 2.05) is 0 Å². The lowest BCUT2D eigenvalue weighted by Gasteiger charge is -2.08. The molecule has 3 heteroatoms. The largest absolute Gasteiger partial charge is 0.385 e. The highest BCUT2D eigenvalue weighted by atomic mass is 16.2. The molecule has 1 aliphatic carbocycles. The lowest BCUT2D eigenvalue weighted by molar-refractivity contribution is -0.131. The summed E-state index contributed by atoms with van der Waals surface area (Å²) in [6, 6.07) is 0. The first-order valence-corrected chi connectivity index (χ1v) is 5.96. The molecule has 0 heterocycles. The maximum absolute atomic E-state index is 11.1. The van der Waals surface area contributed by atoms with Gasteiger partial charge in [-0.3, -0.25) is 9.59 Å². The van der Waals surface area contributed by atoms with Crippen molar-refractivity contribution in [2.75, 3.05) is 6.54 Å². The van der Waals surface area contributed by atoms with Gasteiger partial charge in [0.15, 0.2) is 0 Å². The molecule has 1 aliphatic rings. The van der Waals surface area contributed by atoms with Crippen LogP contribution in [0.25, 0.3) is 0 Å². The fourth-order valence-corrected chi connectivity index (χ4v) is 1.58. The lowest BCUT2D eigenvalue weighted by atomic mass is 10.1. The number of rotatable bonds is 7. The molecular formula is C13H19NO2. The van der Waals surface area contributed by atoms with Gasteiger partial charge in [-0.15, -0.1) is 0 Å². The van der Waals surface area contributed by atoms with E-state index in [4.69, 9.17) is 0 Å². The van der Waals surface area contributed by atoms with Crippen LogP contribution in [0.1, 0.15) is 39.0 Å². The Balaban J connectivity index is 2.14. The van der Waals surface area contributed by atoms with Crippen molar-refractivity contribution in [2.45, 2.75) is 39.0 Å². The average Bonchev–Trinajstić information content (AvgIpc) is 2.28. The molecule has 16 heavy (non-hydrogen) atoms. The standard InChI is InChI=1S/C13H19NO2/c1-2-3-4-5-6-9-14-11-7-8-12(15)13(16)10-11/h7-8,10,14H,2-6,9H2,1H3. The maximum Gasteiger partial charge on any atom is 0.227 e. The van der Waals surface area contributed by atoms with Crippen LogP contribution in [-0.4, -0.2) is 18.1 Å². The fourth-order valence-electron chi connectivity index (χ4n) is 1.58. The number of hydrogen-bond acceptors (Lipinski definition) is 3. The molecule has 0 atom stereocenters. The quantitative estimate of drug-likeness (QED) is 0.407. The Morgan fingerprint density at radius 3 is 2.44 bits per heavy atom. The molecule has 0 saturated carbocycles. The van der Waals surface area contributed by atoms with Crippen molar-refractivity contribution in [3.63, 3.8) is 0 Å². The highest BCUT2D eigenvalue weighted by molar-refractivity contribution is 6.46. The second kappa shape index (κ2) is 6.99. The van der Waals surface area contributed by atoms with Gasteiger partial charge in [0.05, 0.1) is 0 Å². The summed E-state index contributed by atoms with van der Waals surface area (Å²) in [5, 5.41) is 3.15. The van der Waals surface area contributed by atoms with E-state index in [0.29, 0.717) is 0 Å². The van der Waals surface area contributed by atoms with Gasteiger partial charge in [-0.25, -0.2) is 0 Å². The fraction of sp³-hybridized carbons (Fsp3) is 0.538. The second-order valence-electron chi connectivity index (χ2n) is 4.00. The van der Waals surface area contributed by atoms with Crippen LogP contribution in [0.5, 0.6) is 0 Å². The molecule has 0 spiro atoms. The summed E-state index contributed by atoms with van der Waals surface area (Å²) in [5.41, 5.74) is 0.750. The van der Waals surface area contributed by atoms with Gasteiger partial charge >= 0.3 is 0 Å². The van der Waals surface area contributed by atoms with Crippen molar-refractivity contribution in [3.05, 3.63) is 23.9 Å². The van der Waals surface area contributed by atoms with Crippen molar-refractivity contribution in [1.29, 1.82) is 0 Å². The minimum absolute atomic E-state index is 0.434. The molecule has 0 aromatic heterocycles. The van der Waals surface area contributed by atoms with Crippen molar-refractivity contribution in [3.8, 4) is 0 Å². The van der Waals surface area contributed by atoms with Crippen LogP contribution in [0.15, 0.2) is 23.9 Å². The van der Waals surface area contributed by atoms with E-state index in [-0.39, 0.29) is 0 Å². The van der Waals surface area contributed by atoms with E-state index in [1.54, 1.807) is 6.08 Å². The van der Waals surface area contributed by atoms with Gasteiger partial charge in [-0.2, -0.15) is 0 Å². The molecule has 0 aliphatic heterocycles. The van der Waals surface area contributed by atoms with E-state index < -0.39 is 11.6 Å². The first-order valence-electron chi connectivity index (χ1n) is 5.96. The summed E-state index contributed by atoms with van der Waals surface area (Å²) < 4.78 is 0. The normalized spacial score (nSPS) is 15.2. The van der Waals surface area contributed by atoms with E-state index in [0.717, 1.165) is 18.7 Å². The molecular weight excluding hydrogens is 202 g/mol. The predicted molar refractivity (Wildman–Crippen MR) is 64.0 cm³/mol. The summed E-state index contributed by atoms with van der Waals surface area (Å²) in [6.45, 7) is 3.06. The van der Waals surface area contributed by atoms with Gasteiger partial charge in [0, 0.05) is 18.3 Å². The first kappa shape index (κ1) is 12.7. The minimum atomic E-state index is -0.437. The van der Waals surface area contributed by atoms with Crippen LogP contribution in [0.3, 0.4) is 0 Å². The molecule has 1 rings (SSSR count). The number of ketones is 2. The van der Waals surface area contributed by atoms with Crippen LogP contribution in [-0.2, 0) is 9.59 Å². The lowest BCUT2D eigenvalue weighted by Crippen LogP contribution is -2.20. The third kappa shape index (κ3) is 4.43. The topological polar surface area (TPSA) is 46.2 Å². The Morgan fingerprint density at radius 2 is 1.75 bits per heavy atom. The van der Waals surface area contributed by atoms with Gasteiger partial charge < -0.3 is 5.32 Å². The number of unbranched alkanes of at least 4 members (excludes halogenated alkanes) is 4. The molecule has 0 radical (unpaired) electrons. The first-order chi connectivity index (χ1) is 7.74. The van der Waals surface area contributed by atoms with Gasteiger partial charge in [0.25, 0.3) is 0 Å². The van der Waals surface area contributed by atoms with Crippen LogP contribution in [0.4, 0.5) is 0 Å². The van der Waals surface area contributed by atoms with Crippen LogP contribution >= 0.6 is 0 Å². The van der Waals surface area contributed by atoms with E-state index in [1.165, 1.54) is 37.8 Å². The zero-order valence-electron chi connectivity index (χ0n) is 9.79. The zero-order valence-corrected chi connectivity index (χ0v) is 9.79. The molecule has 1 N–H and O–H groups in total. The molecule has 0 aromatic rings. The Bertz CT molecular complexity index is 316. The summed E-state index contributed by atoms with van der Waals surface area (Å²) in [7, 11) is 0. The van der Waals surface area contributed by atoms with Crippen LogP contribution < -0.4 is 5.32 Å². The van der Waals surface area contributed by atoms with Crippen molar-refractivity contribution < 1.29 is 9.59 Å². The number of carbonyl (C=O) groups excluding carboxylic acids is 2. The van der Waals surface area contributed by atoms with Crippen LogP contribution in [0, 0.1) is 0 Å². The molecule has 0 unspecified atom stereocenters. The SMILES string of the molecule is CCCCCCCNC1=CC(=O)C(=O)C=C1. The molecule has 0 amide bonds. The Hall–Kier alpha value is -1.38. The third-order valence-corrected chi connectivity index (χ3v) is 2.55. The second-order valence-corrected chi connectivity index (χ2v) is 4.00. The zero-order chi connectivity index (χ0) is 11.8. The number of allylic oxidation sites excluding steroid dienone is 3. The average molecular weight is 221 g/mol. The van der Waals surface area contributed by atoms with Gasteiger partial charge in [0.2, 0.25) is 11.6 Å². The summed E-state index contributed by atoms with van der Waals surface area (Å²) >= 11 is 0. The molecule has 0 fully saturated rings. The van der Waals surface area contributed by atoms with Crippen molar-refractivity contribution in [1.82, 2.24) is 5.32 Å². The van der Waals surface area contributed by atoms with Gasteiger partial charge in [-0.1, -0.05) is 32.6 Å². The maximum atomic E-state index is 11.1. The Morgan fingerprint density at radius 1 is 1.00 bits per heavy atom. The van der Waals surface area contributed by atoms with Crippen molar-refractivity contribution in [2.24, 2.45) is 0 Å². The Labute approximate surface area is 96.6 Å².